The number of benzene rings is 1. The summed E-state index contributed by atoms with van der Waals surface area (Å²) in [6.07, 6.45) is 0. The number of hydrogen-bond donors (Lipinski definition) is 3. The molecule has 4 N–H and O–H groups in total. The Kier molecular flexibility index (Phi) is 2.71. The van der Waals surface area contributed by atoms with E-state index in [1.807, 2.05) is 0 Å². The molecule has 1 rings (SSSR count). The van der Waals surface area contributed by atoms with Crippen LogP contribution in [0.4, 0.5) is 5.69 Å². The van der Waals surface area contributed by atoms with Gasteiger partial charge in [0, 0.05) is 6.07 Å². The van der Waals surface area contributed by atoms with Crippen LogP contribution in [0.3, 0.4) is 0 Å². The van der Waals surface area contributed by atoms with E-state index in [2.05, 4.69) is 5.43 Å². The van der Waals surface area contributed by atoms with Gasteiger partial charge >= 0.3 is 5.97 Å². The van der Waals surface area contributed by atoms with Gasteiger partial charge in [-0.1, -0.05) is 0 Å². The number of nitrogen functional groups attached to an aromatic ring is 1. The molecule has 0 aliphatic rings. The summed E-state index contributed by atoms with van der Waals surface area (Å²) in [4.78, 5) is 10.6. The fourth-order valence-corrected chi connectivity index (χ4v) is 0.958. The Morgan fingerprint density at radius 2 is 2.31 bits per heavy atom. The number of aromatic carboxylic acids is 1. The summed E-state index contributed by atoms with van der Waals surface area (Å²) in [6, 6.07) is 4.51. The van der Waals surface area contributed by atoms with Crippen LogP contribution < -0.4 is 16.0 Å². The number of hydrogen-bond acceptors (Lipinski definition) is 4. The van der Waals surface area contributed by atoms with E-state index in [-0.39, 0.29) is 11.3 Å². The molecule has 0 saturated heterocycles. The van der Waals surface area contributed by atoms with E-state index in [4.69, 9.17) is 15.7 Å². The Hall–Kier alpha value is -1.75. The molecule has 5 heteroatoms. The Balaban J connectivity index is 3.15. The van der Waals surface area contributed by atoms with Crippen LogP contribution >= 0.6 is 0 Å². The molecule has 5 nitrogen and oxygen atoms in total. The summed E-state index contributed by atoms with van der Waals surface area (Å²) in [5, 5.41) is 8.73. The molecule has 0 saturated carbocycles. The van der Waals surface area contributed by atoms with Crippen molar-refractivity contribution < 1.29 is 14.6 Å². The summed E-state index contributed by atoms with van der Waals surface area (Å²) >= 11 is 0. The summed E-state index contributed by atoms with van der Waals surface area (Å²) in [5.41, 5.74) is 3.11. The van der Waals surface area contributed by atoms with E-state index in [1.54, 1.807) is 6.07 Å². The van der Waals surface area contributed by atoms with Crippen LogP contribution in [0, 0.1) is 0 Å². The van der Waals surface area contributed by atoms with Gasteiger partial charge in [0.25, 0.3) is 0 Å². The third-order valence-corrected chi connectivity index (χ3v) is 1.60. The monoisotopic (exact) mass is 182 g/mol. The molecule has 0 bridgehead atoms. The first-order chi connectivity index (χ1) is 6.19. The van der Waals surface area contributed by atoms with Crippen molar-refractivity contribution >= 4 is 11.7 Å². The Labute approximate surface area is 75.1 Å². The van der Waals surface area contributed by atoms with Crippen molar-refractivity contribution in [2.24, 2.45) is 5.84 Å². The predicted molar refractivity (Wildman–Crippen MR) is 47.8 cm³/mol. The van der Waals surface area contributed by atoms with Crippen LogP contribution in [0.5, 0.6) is 5.75 Å². The van der Waals surface area contributed by atoms with Crippen LogP contribution in [-0.2, 0) is 0 Å². The van der Waals surface area contributed by atoms with Gasteiger partial charge in [0.1, 0.15) is 11.3 Å². The lowest BCUT2D eigenvalue weighted by atomic mass is 10.2. The van der Waals surface area contributed by atoms with Gasteiger partial charge in [0.2, 0.25) is 0 Å². The topological polar surface area (TPSA) is 84.6 Å². The number of carboxylic acids is 1. The molecule has 0 amide bonds. The van der Waals surface area contributed by atoms with Gasteiger partial charge in [0.05, 0.1) is 12.8 Å². The second-order valence-electron chi connectivity index (χ2n) is 2.36. The molecule has 1 aromatic carbocycles. The molecule has 13 heavy (non-hydrogen) atoms. The van der Waals surface area contributed by atoms with E-state index in [9.17, 15) is 4.79 Å². The minimum absolute atomic E-state index is 0.113. The number of hydrazine groups is 1. The zero-order valence-electron chi connectivity index (χ0n) is 7.07. The summed E-state index contributed by atoms with van der Waals surface area (Å²) in [6.45, 7) is 0. The van der Waals surface area contributed by atoms with Crippen LogP contribution in [0.15, 0.2) is 18.2 Å². The Bertz CT molecular complexity index is 325. The molecule has 0 unspecified atom stereocenters. The van der Waals surface area contributed by atoms with Gasteiger partial charge < -0.3 is 15.3 Å². The normalized spacial score (nSPS) is 9.38. The molecular formula is C8H10N2O3. The first-order valence-electron chi connectivity index (χ1n) is 3.57. The van der Waals surface area contributed by atoms with E-state index >= 15 is 0 Å². The fourth-order valence-electron chi connectivity index (χ4n) is 0.958. The Morgan fingerprint density at radius 1 is 1.62 bits per heavy atom. The van der Waals surface area contributed by atoms with E-state index in [1.165, 1.54) is 19.2 Å². The quantitative estimate of drug-likeness (QED) is 0.472. The van der Waals surface area contributed by atoms with E-state index in [0.717, 1.165) is 0 Å². The average molecular weight is 182 g/mol. The zero-order valence-corrected chi connectivity index (χ0v) is 7.07. The van der Waals surface area contributed by atoms with Crippen LogP contribution in [0.2, 0.25) is 0 Å². The SMILES string of the molecule is COc1cc(NN)ccc1C(=O)O. The molecule has 0 atom stereocenters. The van der Waals surface area contributed by atoms with Gasteiger partial charge in [-0.3, -0.25) is 5.84 Å². The number of methoxy groups -OCH3 is 1. The number of carboxylic acid groups (broad SMARTS) is 1. The van der Waals surface area contributed by atoms with Crippen molar-refractivity contribution in [3.8, 4) is 5.75 Å². The lowest BCUT2D eigenvalue weighted by molar-refractivity contribution is 0.0693. The molecule has 0 aliphatic carbocycles. The van der Waals surface area contributed by atoms with Crippen molar-refractivity contribution in [1.29, 1.82) is 0 Å². The second kappa shape index (κ2) is 3.77. The molecule has 0 fully saturated rings. The first-order valence-corrected chi connectivity index (χ1v) is 3.57. The van der Waals surface area contributed by atoms with E-state index < -0.39 is 5.97 Å². The second-order valence-corrected chi connectivity index (χ2v) is 2.36. The smallest absolute Gasteiger partial charge is 0.339 e. The maximum atomic E-state index is 10.6. The standard InChI is InChI=1S/C8H10N2O3/c1-13-7-4-5(10-9)2-3-6(7)8(11)12/h2-4,10H,9H2,1H3,(H,11,12). The van der Waals surface area contributed by atoms with Gasteiger partial charge in [-0.05, 0) is 12.1 Å². The number of nitrogens with two attached hydrogens (primary N) is 1. The highest BCUT2D eigenvalue weighted by Crippen LogP contribution is 2.22. The fraction of sp³-hybridized carbons (Fsp3) is 0.125. The average Bonchev–Trinajstić information content (AvgIpc) is 2.16. The van der Waals surface area contributed by atoms with Gasteiger partial charge in [-0.2, -0.15) is 0 Å². The van der Waals surface area contributed by atoms with Crippen molar-refractivity contribution in [3.05, 3.63) is 23.8 Å². The van der Waals surface area contributed by atoms with Crippen molar-refractivity contribution in [2.45, 2.75) is 0 Å². The molecule has 0 aliphatic heterocycles. The van der Waals surface area contributed by atoms with Crippen molar-refractivity contribution in [2.75, 3.05) is 12.5 Å². The first kappa shape index (κ1) is 9.34. The molecule has 0 heterocycles. The molecule has 0 spiro atoms. The van der Waals surface area contributed by atoms with E-state index in [0.29, 0.717) is 5.69 Å². The highest BCUT2D eigenvalue weighted by atomic mass is 16.5. The van der Waals surface area contributed by atoms with Crippen molar-refractivity contribution in [1.82, 2.24) is 0 Å². The molecular weight excluding hydrogens is 172 g/mol. The third-order valence-electron chi connectivity index (χ3n) is 1.60. The summed E-state index contributed by atoms with van der Waals surface area (Å²) in [5.74, 6) is 4.40. The maximum Gasteiger partial charge on any atom is 0.339 e. The van der Waals surface area contributed by atoms with Gasteiger partial charge in [-0.25, -0.2) is 4.79 Å². The number of ether oxygens (including phenoxy) is 1. The zero-order chi connectivity index (χ0) is 9.84. The number of anilines is 1. The van der Waals surface area contributed by atoms with Crippen LogP contribution in [-0.4, -0.2) is 18.2 Å². The van der Waals surface area contributed by atoms with Gasteiger partial charge in [0.15, 0.2) is 0 Å². The summed E-state index contributed by atoms with van der Waals surface area (Å²) < 4.78 is 4.87. The molecule has 1 aromatic rings. The lowest BCUT2D eigenvalue weighted by Crippen LogP contribution is -2.08. The number of nitrogens with one attached hydrogen (secondary N) is 1. The van der Waals surface area contributed by atoms with Crippen LogP contribution in [0.1, 0.15) is 10.4 Å². The molecule has 0 aromatic heterocycles. The highest BCUT2D eigenvalue weighted by molar-refractivity contribution is 5.91. The highest BCUT2D eigenvalue weighted by Gasteiger charge is 2.10. The number of rotatable bonds is 3. The molecule has 70 valence electrons. The Morgan fingerprint density at radius 3 is 2.77 bits per heavy atom. The van der Waals surface area contributed by atoms with Crippen LogP contribution in [0.25, 0.3) is 0 Å². The minimum atomic E-state index is -1.03. The third kappa shape index (κ3) is 1.88. The van der Waals surface area contributed by atoms with Gasteiger partial charge in [-0.15, -0.1) is 0 Å². The largest absolute Gasteiger partial charge is 0.496 e. The maximum absolute atomic E-state index is 10.6. The molecule has 0 radical (unpaired) electrons. The predicted octanol–water partition coefficient (Wildman–Crippen LogP) is 0.679. The lowest BCUT2D eigenvalue weighted by Gasteiger charge is -2.06. The summed E-state index contributed by atoms with van der Waals surface area (Å²) in [7, 11) is 1.40. The number of carbonyl (C=O) groups is 1. The van der Waals surface area contributed by atoms with Crippen molar-refractivity contribution in [3.63, 3.8) is 0 Å². The minimum Gasteiger partial charge on any atom is -0.496 e.